The van der Waals surface area contributed by atoms with Gasteiger partial charge < -0.3 is 5.11 Å². The van der Waals surface area contributed by atoms with Gasteiger partial charge in [0.25, 0.3) is 0 Å². The van der Waals surface area contributed by atoms with Gasteiger partial charge in [-0.1, -0.05) is 42.5 Å². The van der Waals surface area contributed by atoms with Crippen LogP contribution in [0.5, 0.6) is 5.75 Å². The first kappa shape index (κ1) is 9.22. The highest BCUT2D eigenvalue weighted by atomic mass is 16.3. The molecule has 0 saturated carbocycles. The maximum Gasteiger partial charge on any atom is 0.124 e. The van der Waals surface area contributed by atoms with Gasteiger partial charge in [0, 0.05) is 5.39 Å². The van der Waals surface area contributed by atoms with Crippen LogP contribution >= 0.6 is 0 Å². The zero-order valence-electron chi connectivity index (χ0n) is 9.07. The Balaban J connectivity index is 2.60. The summed E-state index contributed by atoms with van der Waals surface area (Å²) in [7, 11) is 0. The molecule has 0 unspecified atom stereocenters. The molecule has 1 N–H and O–H groups in total. The van der Waals surface area contributed by atoms with E-state index < -0.39 is 0 Å². The summed E-state index contributed by atoms with van der Waals surface area (Å²) in [5, 5.41) is 14.4. The van der Waals surface area contributed by atoms with E-state index in [-0.39, 0.29) is 0 Å². The van der Waals surface area contributed by atoms with E-state index in [0.29, 0.717) is 5.75 Å². The van der Waals surface area contributed by atoms with E-state index in [4.69, 9.17) is 0 Å². The van der Waals surface area contributed by atoms with Gasteiger partial charge in [-0.15, -0.1) is 0 Å². The minimum Gasteiger partial charge on any atom is -0.507 e. The second-order valence-electron chi connectivity index (χ2n) is 4.17. The minimum absolute atomic E-state index is 0.367. The zero-order chi connectivity index (χ0) is 11.1. The minimum atomic E-state index is 0.367. The zero-order valence-corrected chi connectivity index (χ0v) is 9.07. The lowest BCUT2D eigenvalue weighted by atomic mass is 10.00. The molecule has 0 aliphatic rings. The summed E-state index contributed by atoms with van der Waals surface area (Å²) in [6.45, 7) is 1.99. The summed E-state index contributed by atoms with van der Waals surface area (Å²) in [4.78, 5) is 0. The Hall–Kier alpha value is -2.02. The molecule has 0 saturated heterocycles. The number of hydrogen-bond acceptors (Lipinski definition) is 1. The number of phenols is 1. The molecule has 3 aromatic carbocycles. The van der Waals surface area contributed by atoms with Gasteiger partial charge in [-0.05, 0) is 34.7 Å². The van der Waals surface area contributed by atoms with Crippen molar-refractivity contribution in [1.82, 2.24) is 0 Å². The molecule has 78 valence electrons. The monoisotopic (exact) mass is 208 g/mol. The maximum absolute atomic E-state index is 10.1. The summed E-state index contributed by atoms with van der Waals surface area (Å²) in [6.07, 6.45) is 0. The van der Waals surface area contributed by atoms with Gasteiger partial charge in [-0.2, -0.15) is 0 Å². The molecule has 0 radical (unpaired) electrons. The van der Waals surface area contributed by atoms with Crippen LogP contribution in [0.4, 0.5) is 0 Å². The Morgan fingerprint density at radius 3 is 2.50 bits per heavy atom. The molecule has 0 heterocycles. The van der Waals surface area contributed by atoms with E-state index in [2.05, 4.69) is 24.3 Å². The average molecular weight is 208 g/mol. The largest absolute Gasteiger partial charge is 0.507 e. The number of benzene rings is 3. The fraction of sp³-hybridized carbons (Fsp3) is 0.0667. The number of aryl methyl sites for hydroxylation is 1. The molecule has 0 aliphatic carbocycles. The quantitative estimate of drug-likeness (QED) is 0.553. The van der Waals surface area contributed by atoms with E-state index in [1.165, 1.54) is 0 Å². The lowest BCUT2D eigenvalue weighted by Gasteiger charge is -2.07. The summed E-state index contributed by atoms with van der Waals surface area (Å²) in [5.74, 6) is 0.367. The Morgan fingerprint density at radius 2 is 1.62 bits per heavy atom. The van der Waals surface area contributed by atoms with Gasteiger partial charge in [0.05, 0.1) is 0 Å². The maximum atomic E-state index is 10.1. The van der Waals surface area contributed by atoms with Gasteiger partial charge in [-0.3, -0.25) is 0 Å². The van der Waals surface area contributed by atoms with Gasteiger partial charge in [-0.25, -0.2) is 0 Å². The smallest absolute Gasteiger partial charge is 0.124 e. The molecule has 1 nitrogen and oxygen atoms in total. The summed E-state index contributed by atoms with van der Waals surface area (Å²) in [6, 6.07) is 16.2. The number of hydrogen-bond donors (Lipinski definition) is 1. The van der Waals surface area contributed by atoms with Gasteiger partial charge in [0.1, 0.15) is 5.75 Å². The first-order valence-corrected chi connectivity index (χ1v) is 5.37. The van der Waals surface area contributed by atoms with Gasteiger partial charge in [0.15, 0.2) is 0 Å². The predicted molar refractivity (Wildman–Crippen MR) is 67.9 cm³/mol. The molecule has 0 aliphatic heterocycles. The highest BCUT2D eigenvalue weighted by Crippen LogP contribution is 2.32. The van der Waals surface area contributed by atoms with Crippen molar-refractivity contribution in [2.75, 3.05) is 0 Å². The molecule has 16 heavy (non-hydrogen) atoms. The fourth-order valence-corrected chi connectivity index (χ4v) is 2.27. The molecule has 1 heteroatoms. The normalized spacial score (nSPS) is 11.1. The number of aromatic hydroxyl groups is 1. The standard InChI is InChI=1S/C15H12O/c1-10-8-12-7-6-11-4-2-3-5-13(11)15(12)14(16)9-10/h2-9,16H,1H3. The molecule has 0 amide bonds. The van der Waals surface area contributed by atoms with Gasteiger partial charge in [0.2, 0.25) is 0 Å². The molecule has 0 spiro atoms. The Bertz CT molecular complexity index is 683. The van der Waals surface area contributed by atoms with E-state index in [0.717, 1.165) is 27.1 Å². The first-order chi connectivity index (χ1) is 7.75. The third kappa shape index (κ3) is 1.25. The molecule has 0 bridgehead atoms. The van der Waals surface area contributed by atoms with E-state index in [1.54, 1.807) is 0 Å². The van der Waals surface area contributed by atoms with Crippen molar-refractivity contribution in [2.24, 2.45) is 0 Å². The van der Waals surface area contributed by atoms with Crippen molar-refractivity contribution in [3.05, 3.63) is 54.1 Å². The van der Waals surface area contributed by atoms with E-state index >= 15 is 0 Å². The molecule has 3 rings (SSSR count). The number of fused-ring (bicyclic) bond motifs is 3. The van der Waals surface area contributed by atoms with E-state index in [1.807, 2.05) is 31.2 Å². The lowest BCUT2D eigenvalue weighted by Crippen LogP contribution is -1.80. The van der Waals surface area contributed by atoms with Crippen LogP contribution in [-0.2, 0) is 0 Å². The van der Waals surface area contributed by atoms with Gasteiger partial charge >= 0.3 is 0 Å². The second kappa shape index (κ2) is 3.24. The molecule has 0 atom stereocenters. The van der Waals surface area contributed by atoms with Crippen molar-refractivity contribution in [1.29, 1.82) is 0 Å². The van der Waals surface area contributed by atoms with Crippen LogP contribution in [-0.4, -0.2) is 5.11 Å². The first-order valence-electron chi connectivity index (χ1n) is 5.37. The molecule has 3 aromatic rings. The van der Waals surface area contributed by atoms with Crippen molar-refractivity contribution in [2.45, 2.75) is 6.92 Å². The highest BCUT2D eigenvalue weighted by molar-refractivity contribution is 6.10. The predicted octanol–water partition coefficient (Wildman–Crippen LogP) is 4.01. The Morgan fingerprint density at radius 1 is 0.875 bits per heavy atom. The molecule has 0 fully saturated rings. The third-order valence-corrected chi connectivity index (χ3v) is 2.96. The SMILES string of the molecule is Cc1cc(O)c2c(ccc3ccccc32)c1. The van der Waals surface area contributed by atoms with Crippen LogP contribution in [0.15, 0.2) is 48.5 Å². The third-order valence-electron chi connectivity index (χ3n) is 2.96. The summed E-state index contributed by atoms with van der Waals surface area (Å²) >= 11 is 0. The summed E-state index contributed by atoms with van der Waals surface area (Å²) in [5.41, 5.74) is 1.08. The fourth-order valence-electron chi connectivity index (χ4n) is 2.27. The van der Waals surface area contributed by atoms with Crippen molar-refractivity contribution < 1.29 is 5.11 Å². The van der Waals surface area contributed by atoms with Crippen LogP contribution in [0.2, 0.25) is 0 Å². The van der Waals surface area contributed by atoms with Crippen LogP contribution in [0.25, 0.3) is 21.5 Å². The summed E-state index contributed by atoms with van der Waals surface area (Å²) < 4.78 is 0. The Labute approximate surface area is 94.0 Å². The molecule has 0 aromatic heterocycles. The lowest BCUT2D eigenvalue weighted by molar-refractivity contribution is 0.481. The second-order valence-corrected chi connectivity index (χ2v) is 4.17. The topological polar surface area (TPSA) is 20.2 Å². The highest BCUT2D eigenvalue weighted by Gasteiger charge is 2.05. The van der Waals surface area contributed by atoms with E-state index in [9.17, 15) is 5.11 Å². The van der Waals surface area contributed by atoms with Crippen molar-refractivity contribution in [3.8, 4) is 5.75 Å². The molecular formula is C15H12O. The average Bonchev–Trinajstić information content (AvgIpc) is 2.28. The number of phenolic OH excluding ortho intramolecular Hbond substituents is 1. The Kier molecular flexibility index (Phi) is 1.87. The van der Waals surface area contributed by atoms with Crippen LogP contribution in [0, 0.1) is 6.92 Å². The molecular weight excluding hydrogens is 196 g/mol. The number of rotatable bonds is 0. The van der Waals surface area contributed by atoms with Crippen LogP contribution < -0.4 is 0 Å². The van der Waals surface area contributed by atoms with Crippen LogP contribution in [0.3, 0.4) is 0 Å². The van der Waals surface area contributed by atoms with Crippen LogP contribution in [0.1, 0.15) is 5.56 Å². The van der Waals surface area contributed by atoms with Crippen molar-refractivity contribution in [3.63, 3.8) is 0 Å². The van der Waals surface area contributed by atoms with Crippen molar-refractivity contribution >= 4 is 21.5 Å².